The van der Waals surface area contributed by atoms with Crippen LogP contribution in [-0.4, -0.2) is 100 Å². The van der Waals surface area contributed by atoms with Crippen LogP contribution in [0.25, 0.3) is 0 Å². The quantitative estimate of drug-likeness (QED) is 0.130. The van der Waals surface area contributed by atoms with Gasteiger partial charge in [0.15, 0.2) is 12.3 Å². The molecule has 2 heterocycles. The Balaban J connectivity index is 1.22. The largest absolute Gasteiger partial charge is 0.457 e. The highest BCUT2D eigenvalue weighted by Crippen LogP contribution is 2.33. The van der Waals surface area contributed by atoms with Crippen molar-refractivity contribution in [2.24, 2.45) is 4.99 Å². The van der Waals surface area contributed by atoms with Gasteiger partial charge in [-0.1, -0.05) is 121 Å². The van der Waals surface area contributed by atoms with Crippen molar-refractivity contribution >= 4 is 6.02 Å². The van der Waals surface area contributed by atoms with Gasteiger partial charge in [-0.15, -0.1) is 0 Å². The molecule has 0 aromatic heterocycles. The number of benzene rings is 4. The van der Waals surface area contributed by atoms with Gasteiger partial charge in [0.05, 0.1) is 39.1 Å². The molecule has 5 N–H and O–H groups in total. The van der Waals surface area contributed by atoms with Gasteiger partial charge < -0.3 is 54.2 Å². The molecule has 4 aromatic rings. The lowest BCUT2D eigenvalue weighted by molar-refractivity contribution is -0.271. The molecule has 3 aliphatic rings. The number of nitrogens with zero attached hydrogens (tertiary/aromatic N) is 1. The molecule has 2 aliphatic heterocycles. The zero-order valence-electron chi connectivity index (χ0n) is 29.1. The highest BCUT2D eigenvalue weighted by Gasteiger charge is 2.55. The van der Waals surface area contributed by atoms with Gasteiger partial charge in [0.2, 0.25) is 0 Å². The molecule has 0 radical (unpaired) electrons. The third kappa shape index (κ3) is 9.13. The summed E-state index contributed by atoms with van der Waals surface area (Å²) >= 11 is 0. The fourth-order valence-corrected chi connectivity index (χ4v) is 6.89. The Labute approximate surface area is 308 Å². The Kier molecular flexibility index (Phi) is 12.4. The molecule has 53 heavy (non-hydrogen) atoms. The molecule has 2 saturated heterocycles. The second kappa shape index (κ2) is 17.7. The van der Waals surface area contributed by atoms with Gasteiger partial charge in [-0.25, -0.2) is 4.99 Å². The van der Waals surface area contributed by atoms with Gasteiger partial charge in [0.25, 0.3) is 6.02 Å². The zero-order valence-corrected chi connectivity index (χ0v) is 29.1. The first kappa shape index (κ1) is 37.1. The number of aliphatic hydroxyl groups is 4. The Bertz CT molecular complexity index is 1700. The number of hydrogen-bond donors (Lipinski definition) is 5. The van der Waals surface area contributed by atoms with E-state index in [4.69, 9.17) is 33.4 Å². The van der Waals surface area contributed by atoms with Gasteiger partial charge >= 0.3 is 0 Å². The maximum atomic E-state index is 10.7. The topological polar surface area (TPSA) is 161 Å². The van der Waals surface area contributed by atoms with E-state index in [2.05, 4.69) is 5.32 Å². The van der Waals surface area contributed by atoms with Crippen LogP contribution in [0.1, 0.15) is 22.3 Å². The second-order valence-electron chi connectivity index (χ2n) is 13.5. The number of rotatable bonds is 14. The minimum absolute atomic E-state index is 0.0490. The smallest absolute Gasteiger partial charge is 0.288 e. The third-order valence-corrected chi connectivity index (χ3v) is 9.75. The highest BCUT2D eigenvalue weighted by atomic mass is 16.6. The molecular formula is C41H46N2O10. The van der Waals surface area contributed by atoms with Crippen LogP contribution in [0.5, 0.6) is 0 Å². The molecule has 11 atom stereocenters. The minimum atomic E-state index is -1.61. The van der Waals surface area contributed by atoms with Crippen LogP contribution in [0.4, 0.5) is 0 Å². The first-order valence-electron chi connectivity index (χ1n) is 17.9. The first-order chi connectivity index (χ1) is 25.9. The molecule has 7 rings (SSSR count). The fourth-order valence-electron chi connectivity index (χ4n) is 6.89. The van der Waals surface area contributed by atoms with Crippen molar-refractivity contribution in [2.45, 2.75) is 93.6 Å². The summed E-state index contributed by atoms with van der Waals surface area (Å²) in [4.78, 5) is 4.81. The number of nitrogens with one attached hydrogen (secondary N) is 1. The molecule has 0 amide bonds. The van der Waals surface area contributed by atoms with E-state index in [1.807, 2.05) is 121 Å². The highest BCUT2D eigenvalue weighted by molar-refractivity contribution is 5.77. The number of hydrogen-bond acceptors (Lipinski definition) is 11. The van der Waals surface area contributed by atoms with Gasteiger partial charge in [0, 0.05) is 0 Å². The van der Waals surface area contributed by atoms with Crippen LogP contribution in [0.3, 0.4) is 0 Å². The lowest BCUT2D eigenvalue weighted by Crippen LogP contribution is -2.64. The van der Waals surface area contributed by atoms with Crippen molar-refractivity contribution in [2.75, 3.05) is 6.61 Å². The Hall–Kier alpha value is -4.21. The van der Waals surface area contributed by atoms with Crippen molar-refractivity contribution in [3.63, 3.8) is 0 Å². The van der Waals surface area contributed by atoms with E-state index in [1.165, 1.54) is 0 Å². The van der Waals surface area contributed by atoms with E-state index >= 15 is 0 Å². The van der Waals surface area contributed by atoms with Crippen LogP contribution < -0.4 is 5.32 Å². The lowest BCUT2D eigenvalue weighted by atomic mass is 9.84. The molecule has 0 bridgehead atoms. The van der Waals surface area contributed by atoms with E-state index in [-0.39, 0.29) is 32.4 Å². The molecule has 0 spiro atoms. The van der Waals surface area contributed by atoms with Crippen molar-refractivity contribution < 1.29 is 48.8 Å². The van der Waals surface area contributed by atoms with Crippen molar-refractivity contribution in [1.82, 2.24) is 5.32 Å². The number of aliphatic imine (C=N–C) groups is 1. The normalized spacial score (nSPS) is 31.8. The standard InChI is InChI=1S/C41H46N2O10/c44-32-31-37(35(47)34(46)33(32)45)53-41(42-31)43-40-39(51-24-29-19-11-4-12-20-29)38(50-23-28-17-9-3-10-18-28)36(49-22-27-15-7-2-8-16-27)30(52-40)25-48-21-26-13-5-1-6-14-26/h1-20,30-40,44-47H,21-25H2,(H,42,43)/t30-,31+,32+,33+,34-,35+,36-,37+,38+,39-,40+/m1/s1. The average molecular weight is 727 g/mol. The van der Waals surface area contributed by atoms with Crippen LogP contribution in [-0.2, 0) is 54.8 Å². The van der Waals surface area contributed by atoms with Crippen molar-refractivity contribution in [3.05, 3.63) is 144 Å². The zero-order chi connectivity index (χ0) is 36.6. The van der Waals surface area contributed by atoms with Gasteiger partial charge in [-0.2, -0.15) is 0 Å². The summed E-state index contributed by atoms with van der Waals surface area (Å²) in [5.41, 5.74) is 3.84. The fraction of sp³-hybridized carbons (Fsp3) is 0.390. The molecule has 280 valence electrons. The molecule has 0 unspecified atom stereocenters. The van der Waals surface area contributed by atoms with Gasteiger partial charge in [0.1, 0.15) is 48.8 Å². The first-order valence-corrected chi connectivity index (χ1v) is 17.9. The third-order valence-electron chi connectivity index (χ3n) is 9.75. The van der Waals surface area contributed by atoms with Crippen LogP contribution >= 0.6 is 0 Å². The molecule has 1 saturated carbocycles. The minimum Gasteiger partial charge on any atom is -0.457 e. The Morgan fingerprint density at radius 1 is 0.528 bits per heavy atom. The maximum absolute atomic E-state index is 10.7. The number of amidine groups is 1. The molecule has 12 heteroatoms. The average Bonchev–Trinajstić information content (AvgIpc) is 3.63. The van der Waals surface area contributed by atoms with Crippen molar-refractivity contribution in [3.8, 4) is 0 Å². The summed E-state index contributed by atoms with van der Waals surface area (Å²) in [5.74, 6) is 0. The number of aliphatic hydroxyl groups excluding tert-OH is 4. The SMILES string of the molecule is O[C@@H]1[C@@H](O)[C@H](O)[C@H]2O/C(=N\[C@H]3O[C@H](COCc4ccccc4)[C@@H](OCc4ccccc4)[C@H](OCc4ccccc4)[C@H]3OCc3ccccc3)N[C@H]2[C@@H]1O. The summed E-state index contributed by atoms with van der Waals surface area (Å²) in [6.07, 6.45) is -11.2. The summed E-state index contributed by atoms with van der Waals surface area (Å²) in [6.45, 7) is 1.19. The lowest BCUT2D eigenvalue weighted by Gasteiger charge is -2.45. The van der Waals surface area contributed by atoms with Crippen LogP contribution in [0.2, 0.25) is 0 Å². The monoisotopic (exact) mass is 726 g/mol. The Morgan fingerprint density at radius 3 is 1.51 bits per heavy atom. The predicted molar refractivity (Wildman–Crippen MR) is 193 cm³/mol. The van der Waals surface area contributed by atoms with E-state index in [9.17, 15) is 20.4 Å². The number of ether oxygens (including phenoxy) is 6. The molecule has 1 aliphatic carbocycles. The van der Waals surface area contributed by atoms with Gasteiger partial charge in [-0.05, 0) is 22.3 Å². The molecule has 4 aromatic carbocycles. The maximum Gasteiger partial charge on any atom is 0.288 e. The predicted octanol–water partition coefficient (Wildman–Crippen LogP) is 2.85. The van der Waals surface area contributed by atoms with Crippen molar-refractivity contribution in [1.29, 1.82) is 0 Å². The molecule has 3 fully saturated rings. The van der Waals surface area contributed by atoms with E-state index in [0.717, 1.165) is 22.3 Å². The summed E-state index contributed by atoms with van der Waals surface area (Å²) in [5, 5.41) is 45.1. The summed E-state index contributed by atoms with van der Waals surface area (Å²) in [6, 6.07) is 38.2. The van der Waals surface area contributed by atoms with E-state index in [0.29, 0.717) is 6.61 Å². The number of fused-ring (bicyclic) bond motifs is 1. The van der Waals surface area contributed by atoms with Crippen LogP contribution in [0.15, 0.2) is 126 Å². The second-order valence-corrected chi connectivity index (χ2v) is 13.5. The Morgan fingerprint density at radius 2 is 0.981 bits per heavy atom. The summed E-state index contributed by atoms with van der Waals surface area (Å²) in [7, 11) is 0. The van der Waals surface area contributed by atoms with E-state index in [1.54, 1.807) is 0 Å². The van der Waals surface area contributed by atoms with Crippen LogP contribution in [0, 0.1) is 0 Å². The molecular weight excluding hydrogens is 680 g/mol. The molecule has 12 nitrogen and oxygen atoms in total. The van der Waals surface area contributed by atoms with E-state index < -0.39 is 67.2 Å². The summed E-state index contributed by atoms with van der Waals surface area (Å²) < 4.78 is 39.0. The van der Waals surface area contributed by atoms with Gasteiger partial charge in [-0.3, -0.25) is 0 Å².